The molecule has 17 heavy (non-hydrogen) atoms. The maximum Gasteiger partial charge on any atom is 0.0628 e. The van der Waals surface area contributed by atoms with Gasteiger partial charge in [-0.15, -0.1) is 11.6 Å². The van der Waals surface area contributed by atoms with E-state index in [1.54, 1.807) is 0 Å². The molecular formula is C13H21ClN2S. The highest BCUT2D eigenvalue weighted by Gasteiger charge is 2.26. The summed E-state index contributed by atoms with van der Waals surface area (Å²) in [7, 11) is 0. The lowest BCUT2D eigenvalue weighted by atomic mass is 10.0. The SMILES string of the molecule is CCC(CC)n1ccc(CC2CSCC2Cl)n1. The van der Waals surface area contributed by atoms with Crippen LogP contribution >= 0.6 is 23.4 Å². The van der Waals surface area contributed by atoms with Gasteiger partial charge in [-0.1, -0.05) is 13.8 Å². The third-order valence-corrected chi connectivity index (χ3v) is 5.52. The average Bonchev–Trinajstić information content (AvgIpc) is 2.92. The van der Waals surface area contributed by atoms with Gasteiger partial charge in [0.15, 0.2) is 0 Å². The number of hydrogen-bond acceptors (Lipinski definition) is 2. The van der Waals surface area contributed by atoms with E-state index in [4.69, 9.17) is 16.7 Å². The van der Waals surface area contributed by atoms with E-state index in [1.165, 1.54) is 11.4 Å². The fourth-order valence-corrected chi connectivity index (χ4v) is 4.22. The van der Waals surface area contributed by atoms with E-state index < -0.39 is 0 Å². The first-order valence-corrected chi connectivity index (χ1v) is 8.09. The molecule has 0 aromatic carbocycles. The highest BCUT2D eigenvalue weighted by atomic mass is 35.5. The van der Waals surface area contributed by atoms with Crippen molar-refractivity contribution >= 4 is 23.4 Å². The van der Waals surface area contributed by atoms with Gasteiger partial charge < -0.3 is 0 Å². The minimum atomic E-state index is 0.332. The van der Waals surface area contributed by atoms with Crippen molar-refractivity contribution in [1.29, 1.82) is 0 Å². The fraction of sp³-hybridized carbons (Fsp3) is 0.769. The molecule has 2 nitrogen and oxygen atoms in total. The van der Waals surface area contributed by atoms with Gasteiger partial charge in [0, 0.05) is 17.3 Å². The van der Waals surface area contributed by atoms with Crippen molar-refractivity contribution in [3.63, 3.8) is 0 Å². The molecular weight excluding hydrogens is 252 g/mol. The standard InChI is InChI=1S/C13H21ClN2S/c1-3-12(4-2)16-6-5-11(15-16)7-10-8-17-9-13(10)14/h5-6,10,12-13H,3-4,7-9H2,1-2H3. The molecule has 0 N–H and O–H groups in total. The van der Waals surface area contributed by atoms with E-state index in [0.717, 1.165) is 25.0 Å². The Bertz CT molecular complexity index is 349. The van der Waals surface area contributed by atoms with Gasteiger partial charge in [-0.25, -0.2) is 0 Å². The zero-order chi connectivity index (χ0) is 12.3. The normalized spacial score (nSPS) is 24.7. The molecule has 2 unspecified atom stereocenters. The van der Waals surface area contributed by atoms with Gasteiger partial charge in [0.2, 0.25) is 0 Å². The number of aromatic nitrogens is 2. The quantitative estimate of drug-likeness (QED) is 0.760. The molecule has 0 radical (unpaired) electrons. The number of hydrogen-bond donors (Lipinski definition) is 0. The van der Waals surface area contributed by atoms with Crippen LogP contribution in [0, 0.1) is 5.92 Å². The summed E-state index contributed by atoms with van der Waals surface area (Å²) in [6.45, 7) is 4.44. The van der Waals surface area contributed by atoms with Crippen LogP contribution < -0.4 is 0 Å². The lowest BCUT2D eigenvalue weighted by Crippen LogP contribution is -2.15. The number of alkyl halides is 1. The molecule has 2 rings (SSSR count). The molecule has 0 aliphatic carbocycles. The maximum atomic E-state index is 6.30. The second-order valence-electron chi connectivity index (χ2n) is 4.78. The zero-order valence-corrected chi connectivity index (χ0v) is 12.2. The number of nitrogens with zero attached hydrogens (tertiary/aromatic N) is 2. The summed E-state index contributed by atoms with van der Waals surface area (Å²) in [5.74, 6) is 2.89. The largest absolute Gasteiger partial charge is 0.269 e. The topological polar surface area (TPSA) is 17.8 Å². The van der Waals surface area contributed by atoms with E-state index >= 15 is 0 Å². The van der Waals surface area contributed by atoms with Gasteiger partial charge in [0.1, 0.15) is 0 Å². The van der Waals surface area contributed by atoms with Gasteiger partial charge in [0.05, 0.1) is 11.7 Å². The molecule has 1 aliphatic heterocycles. The second-order valence-corrected chi connectivity index (χ2v) is 6.41. The number of rotatable bonds is 5. The molecule has 4 heteroatoms. The minimum Gasteiger partial charge on any atom is -0.269 e. The summed E-state index contributed by atoms with van der Waals surface area (Å²) in [5, 5.41) is 5.03. The smallest absolute Gasteiger partial charge is 0.0628 e. The van der Waals surface area contributed by atoms with Crippen LogP contribution in [0.2, 0.25) is 0 Å². The monoisotopic (exact) mass is 272 g/mol. The molecule has 96 valence electrons. The van der Waals surface area contributed by atoms with Gasteiger partial charge in [-0.2, -0.15) is 16.9 Å². The van der Waals surface area contributed by atoms with E-state index in [1.807, 2.05) is 11.8 Å². The van der Waals surface area contributed by atoms with Crippen molar-refractivity contribution in [2.24, 2.45) is 5.92 Å². The molecule has 1 fully saturated rings. The molecule has 0 spiro atoms. The molecule has 1 aromatic heterocycles. The minimum absolute atomic E-state index is 0.332. The third-order valence-electron chi connectivity index (χ3n) is 3.57. The molecule has 1 aliphatic rings. The highest BCUT2D eigenvalue weighted by molar-refractivity contribution is 7.99. The molecule has 1 saturated heterocycles. The van der Waals surface area contributed by atoms with Gasteiger partial charge in [-0.05, 0) is 37.0 Å². The Morgan fingerprint density at radius 2 is 2.24 bits per heavy atom. The van der Waals surface area contributed by atoms with Gasteiger partial charge in [0.25, 0.3) is 0 Å². The van der Waals surface area contributed by atoms with E-state index in [0.29, 0.717) is 17.3 Å². The number of halogens is 1. The van der Waals surface area contributed by atoms with Crippen molar-refractivity contribution < 1.29 is 0 Å². The van der Waals surface area contributed by atoms with Crippen LogP contribution in [-0.2, 0) is 6.42 Å². The summed E-state index contributed by atoms with van der Waals surface area (Å²) in [6.07, 6.45) is 5.46. The Morgan fingerprint density at radius 3 is 2.82 bits per heavy atom. The van der Waals surface area contributed by atoms with Crippen LogP contribution in [0.1, 0.15) is 38.4 Å². The van der Waals surface area contributed by atoms with E-state index in [-0.39, 0.29) is 0 Å². The molecule has 0 bridgehead atoms. The average molecular weight is 273 g/mol. The predicted molar refractivity (Wildman–Crippen MR) is 76.0 cm³/mol. The van der Waals surface area contributed by atoms with Crippen LogP contribution in [0.3, 0.4) is 0 Å². The Hall–Kier alpha value is -0.150. The zero-order valence-electron chi connectivity index (χ0n) is 10.6. The fourth-order valence-electron chi connectivity index (χ4n) is 2.38. The van der Waals surface area contributed by atoms with Crippen LogP contribution in [-0.4, -0.2) is 26.7 Å². The summed E-state index contributed by atoms with van der Waals surface area (Å²) in [5.41, 5.74) is 1.20. The van der Waals surface area contributed by atoms with E-state index in [2.05, 4.69) is 30.8 Å². The molecule has 1 aromatic rings. The Labute approximate surface area is 113 Å². The first kappa shape index (κ1) is 13.3. The maximum absolute atomic E-state index is 6.30. The molecule has 2 atom stereocenters. The predicted octanol–water partition coefficient (Wildman–Crippen LogP) is 3.76. The first-order valence-electron chi connectivity index (χ1n) is 6.50. The van der Waals surface area contributed by atoms with E-state index in [9.17, 15) is 0 Å². The van der Waals surface area contributed by atoms with Crippen LogP contribution in [0.15, 0.2) is 12.3 Å². The molecule has 2 heterocycles. The summed E-state index contributed by atoms with van der Waals surface area (Å²) in [4.78, 5) is 0. The van der Waals surface area contributed by atoms with Gasteiger partial charge in [-0.3, -0.25) is 4.68 Å². The second kappa shape index (κ2) is 6.14. The first-order chi connectivity index (χ1) is 8.24. The molecule has 0 amide bonds. The number of thioether (sulfide) groups is 1. The van der Waals surface area contributed by atoms with Crippen LogP contribution in [0.25, 0.3) is 0 Å². The lowest BCUT2D eigenvalue weighted by Gasteiger charge is -2.13. The summed E-state index contributed by atoms with van der Waals surface area (Å²) in [6, 6.07) is 2.71. The van der Waals surface area contributed by atoms with Crippen molar-refractivity contribution in [3.05, 3.63) is 18.0 Å². The Kier molecular flexibility index (Phi) is 4.80. The summed E-state index contributed by atoms with van der Waals surface area (Å²) < 4.78 is 2.13. The lowest BCUT2D eigenvalue weighted by molar-refractivity contribution is 0.423. The van der Waals surface area contributed by atoms with Crippen molar-refractivity contribution in [2.75, 3.05) is 11.5 Å². The van der Waals surface area contributed by atoms with Gasteiger partial charge >= 0.3 is 0 Å². The Morgan fingerprint density at radius 1 is 1.47 bits per heavy atom. The highest BCUT2D eigenvalue weighted by Crippen LogP contribution is 2.30. The summed E-state index contributed by atoms with van der Waals surface area (Å²) >= 11 is 8.26. The van der Waals surface area contributed by atoms with Crippen molar-refractivity contribution in [1.82, 2.24) is 9.78 Å². The molecule has 0 saturated carbocycles. The van der Waals surface area contributed by atoms with Crippen molar-refractivity contribution in [2.45, 2.75) is 44.5 Å². The van der Waals surface area contributed by atoms with Crippen LogP contribution in [0.4, 0.5) is 0 Å². The Balaban J connectivity index is 1.98. The third kappa shape index (κ3) is 3.19. The van der Waals surface area contributed by atoms with Crippen molar-refractivity contribution in [3.8, 4) is 0 Å². The van der Waals surface area contributed by atoms with Crippen LogP contribution in [0.5, 0.6) is 0 Å².